The summed E-state index contributed by atoms with van der Waals surface area (Å²) in [7, 11) is 0. The summed E-state index contributed by atoms with van der Waals surface area (Å²) in [4.78, 5) is 13.2. The summed E-state index contributed by atoms with van der Waals surface area (Å²) >= 11 is 0. The Labute approximate surface area is 506 Å². The highest BCUT2D eigenvalue weighted by atomic mass is 16.7. The fourth-order valence-electron chi connectivity index (χ4n) is 11.1. The fraction of sp³-hybridized carbons (Fsp3) is 0.822. The molecule has 82 heavy (non-hydrogen) atoms. The number of hydrogen-bond donors (Lipinski definition) is 6. The molecule has 1 aliphatic rings. The number of aliphatic hydroxyl groups is 5. The van der Waals surface area contributed by atoms with Crippen LogP contribution in [0.2, 0.25) is 0 Å². The van der Waals surface area contributed by atoms with Crippen LogP contribution in [0.4, 0.5) is 0 Å². The van der Waals surface area contributed by atoms with Crippen LogP contribution >= 0.6 is 0 Å². The average molecular weight is 1150 g/mol. The van der Waals surface area contributed by atoms with E-state index in [2.05, 4.69) is 92.1 Å². The Bertz CT molecular complexity index is 1520. The van der Waals surface area contributed by atoms with Gasteiger partial charge in [0.05, 0.1) is 25.4 Å². The van der Waals surface area contributed by atoms with Crippen LogP contribution < -0.4 is 5.32 Å². The number of ether oxygens (including phenoxy) is 2. The predicted octanol–water partition coefficient (Wildman–Crippen LogP) is 19.1. The van der Waals surface area contributed by atoms with Crippen LogP contribution in [0.25, 0.3) is 0 Å². The van der Waals surface area contributed by atoms with Gasteiger partial charge in [-0.3, -0.25) is 4.79 Å². The molecule has 1 saturated heterocycles. The van der Waals surface area contributed by atoms with Crippen molar-refractivity contribution in [2.75, 3.05) is 13.2 Å². The first-order chi connectivity index (χ1) is 40.3. The maximum atomic E-state index is 13.2. The van der Waals surface area contributed by atoms with Crippen molar-refractivity contribution in [3.8, 4) is 0 Å². The van der Waals surface area contributed by atoms with Gasteiger partial charge >= 0.3 is 0 Å². The minimum atomic E-state index is -1.56. The van der Waals surface area contributed by atoms with Crippen LogP contribution in [0.15, 0.2) is 72.9 Å². The van der Waals surface area contributed by atoms with Crippen molar-refractivity contribution in [2.24, 2.45) is 0 Å². The Morgan fingerprint density at radius 1 is 0.427 bits per heavy atom. The lowest BCUT2D eigenvalue weighted by atomic mass is 9.99. The van der Waals surface area contributed by atoms with E-state index in [-0.39, 0.29) is 12.5 Å². The molecular formula is C73H133NO8. The summed E-state index contributed by atoms with van der Waals surface area (Å²) in [5.74, 6) is -0.142. The topological polar surface area (TPSA) is 149 Å². The monoisotopic (exact) mass is 1150 g/mol. The molecule has 1 rings (SSSR count). The third kappa shape index (κ3) is 49.8. The summed E-state index contributed by atoms with van der Waals surface area (Å²) in [6, 6.07) is -0.724. The molecule has 0 radical (unpaired) electrons. The smallest absolute Gasteiger partial charge is 0.220 e. The van der Waals surface area contributed by atoms with Gasteiger partial charge in [-0.2, -0.15) is 0 Å². The molecule has 1 aliphatic heterocycles. The molecule has 1 heterocycles. The normalized spacial score (nSPS) is 18.7. The molecule has 0 aliphatic carbocycles. The molecule has 0 aromatic carbocycles. The van der Waals surface area contributed by atoms with Gasteiger partial charge < -0.3 is 40.3 Å². The van der Waals surface area contributed by atoms with Crippen molar-refractivity contribution in [2.45, 2.75) is 371 Å². The Hall–Kier alpha value is -2.37. The minimum absolute atomic E-state index is 0.138. The van der Waals surface area contributed by atoms with Gasteiger partial charge in [-0.1, -0.05) is 331 Å². The highest BCUT2D eigenvalue weighted by molar-refractivity contribution is 5.76. The largest absolute Gasteiger partial charge is 0.394 e. The Morgan fingerprint density at radius 2 is 0.756 bits per heavy atom. The van der Waals surface area contributed by atoms with Crippen molar-refractivity contribution in [3.63, 3.8) is 0 Å². The lowest BCUT2D eigenvalue weighted by Gasteiger charge is -2.40. The van der Waals surface area contributed by atoms with Crippen LogP contribution in [0, 0.1) is 0 Å². The van der Waals surface area contributed by atoms with E-state index in [1.807, 2.05) is 0 Å². The van der Waals surface area contributed by atoms with E-state index in [1.54, 1.807) is 0 Å². The SMILES string of the molecule is CC/C=C\C/C=C\C/C=C\C/C=C\C/C=C\C/C=C\CCCCCCCCCCCCCCCCC(=O)NC(COC1OC(CO)C(O)C(O)C1O)C(O)CCCCCCCCCCCCCCCCCCCCCCCCCCCC. The van der Waals surface area contributed by atoms with Gasteiger partial charge in [0.1, 0.15) is 24.4 Å². The number of amides is 1. The number of hydrogen-bond acceptors (Lipinski definition) is 8. The van der Waals surface area contributed by atoms with Crippen molar-refractivity contribution in [1.82, 2.24) is 5.32 Å². The van der Waals surface area contributed by atoms with Crippen LogP contribution in [-0.4, -0.2) is 87.5 Å². The van der Waals surface area contributed by atoms with Crippen LogP contribution in [0.5, 0.6) is 0 Å². The summed E-state index contributed by atoms with van der Waals surface area (Å²) in [5, 5.41) is 55.0. The Balaban J connectivity index is 2.12. The molecule has 0 bridgehead atoms. The Kier molecular flexibility index (Phi) is 58.4. The highest BCUT2D eigenvalue weighted by Crippen LogP contribution is 2.24. The van der Waals surface area contributed by atoms with E-state index in [1.165, 1.54) is 225 Å². The maximum Gasteiger partial charge on any atom is 0.220 e. The molecule has 7 atom stereocenters. The summed E-state index contributed by atoms with van der Waals surface area (Å²) in [5.41, 5.74) is 0. The fourth-order valence-corrected chi connectivity index (χ4v) is 11.1. The molecule has 9 heteroatoms. The first-order valence-corrected chi connectivity index (χ1v) is 35.1. The first kappa shape index (κ1) is 77.6. The lowest BCUT2D eigenvalue weighted by molar-refractivity contribution is -0.302. The number of allylic oxidation sites excluding steroid dienone is 12. The van der Waals surface area contributed by atoms with Gasteiger partial charge in [-0.05, 0) is 64.2 Å². The number of rotatable bonds is 61. The zero-order chi connectivity index (χ0) is 59.3. The van der Waals surface area contributed by atoms with E-state index in [0.29, 0.717) is 12.8 Å². The molecular weight excluding hydrogens is 1020 g/mol. The van der Waals surface area contributed by atoms with E-state index in [4.69, 9.17) is 9.47 Å². The van der Waals surface area contributed by atoms with E-state index in [0.717, 1.165) is 77.0 Å². The van der Waals surface area contributed by atoms with Gasteiger partial charge in [0.2, 0.25) is 5.91 Å². The maximum absolute atomic E-state index is 13.2. The van der Waals surface area contributed by atoms with Crippen molar-refractivity contribution >= 4 is 5.91 Å². The number of carbonyl (C=O) groups excluding carboxylic acids is 1. The first-order valence-electron chi connectivity index (χ1n) is 35.1. The summed E-state index contributed by atoms with van der Waals surface area (Å²) in [6.07, 6.45) is 79.6. The number of nitrogens with one attached hydrogen (secondary N) is 1. The minimum Gasteiger partial charge on any atom is -0.394 e. The van der Waals surface area contributed by atoms with E-state index < -0.39 is 49.5 Å². The Morgan fingerprint density at radius 3 is 1.12 bits per heavy atom. The second kappa shape index (κ2) is 61.7. The van der Waals surface area contributed by atoms with E-state index in [9.17, 15) is 30.3 Å². The quantitative estimate of drug-likeness (QED) is 0.0261. The molecule has 0 aromatic rings. The zero-order valence-electron chi connectivity index (χ0n) is 53.5. The van der Waals surface area contributed by atoms with Crippen LogP contribution in [0.3, 0.4) is 0 Å². The van der Waals surface area contributed by atoms with Crippen molar-refractivity contribution < 1.29 is 39.8 Å². The molecule has 1 amide bonds. The van der Waals surface area contributed by atoms with Crippen molar-refractivity contribution in [1.29, 1.82) is 0 Å². The molecule has 9 nitrogen and oxygen atoms in total. The molecule has 478 valence electrons. The third-order valence-corrected chi connectivity index (χ3v) is 16.6. The summed E-state index contributed by atoms with van der Waals surface area (Å²) < 4.78 is 11.4. The molecule has 0 saturated carbocycles. The average Bonchev–Trinajstić information content (AvgIpc) is 3.57. The second-order valence-corrected chi connectivity index (χ2v) is 24.3. The standard InChI is InChI=1S/C73H133NO8/c1-3-5-7-9-11-13-15-17-19-21-23-25-27-29-31-32-33-34-35-36-37-39-41-43-45-47-49-51-53-55-57-59-61-63-69(77)74-66(65-81-73-72(80)71(79)70(78)68(64-75)82-73)67(76)62-60-58-56-54-52-50-48-46-44-42-40-38-30-28-26-24-22-20-18-16-14-12-10-8-6-4-2/h5,7,11,13,17,19,23,25,29,31,33-34,66-68,70-73,75-76,78-80H,3-4,6,8-10,12,14-16,18,20-22,24,26-28,30,32,35-65H2,1-2H3,(H,74,77)/b7-5-,13-11-,19-17-,25-23-,31-29-,34-33-. The molecule has 0 spiro atoms. The van der Waals surface area contributed by atoms with Crippen LogP contribution in [0.1, 0.15) is 328 Å². The van der Waals surface area contributed by atoms with Gasteiger partial charge in [0.15, 0.2) is 6.29 Å². The number of unbranched alkanes of at least 4 members (excludes halogenated alkanes) is 39. The predicted molar refractivity (Wildman–Crippen MR) is 350 cm³/mol. The number of aliphatic hydroxyl groups excluding tert-OH is 5. The zero-order valence-corrected chi connectivity index (χ0v) is 53.5. The van der Waals surface area contributed by atoms with Gasteiger partial charge in [0, 0.05) is 6.42 Å². The number of carbonyl (C=O) groups is 1. The second-order valence-electron chi connectivity index (χ2n) is 24.3. The van der Waals surface area contributed by atoms with Crippen LogP contribution in [-0.2, 0) is 14.3 Å². The highest BCUT2D eigenvalue weighted by Gasteiger charge is 2.44. The van der Waals surface area contributed by atoms with Gasteiger partial charge in [-0.15, -0.1) is 0 Å². The van der Waals surface area contributed by atoms with E-state index >= 15 is 0 Å². The van der Waals surface area contributed by atoms with Crippen molar-refractivity contribution in [3.05, 3.63) is 72.9 Å². The lowest BCUT2D eigenvalue weighted by Crippen LogP contribution is -2.60. The molecule has 1 fully saturated rings. The van der Waals surface area contributed by atoms with Gasteiger partial charge in [0.25, 0.3) is 0 Å². The summed E-state index contributed by atoms with van der Waals surface area (Å²) in [6.45, 7) is 3.76. The molecule has 0 aromatic heterocycles. The molecule has 6 N–H and O–H groups in total. The van der Waals surface area contributed by atoms with Gasteiger partial charge in [-0.25, -0.2) is 0 Å². The third-order valence-electron chi connectivity index (χ3n) is 16.6. The molecule has 7 unspecified atom stereocenters.